The van der Waals surface area contributed by atoms with Gasteiger partial charge in [0, 0.05) is 12.3 Å². The summed E-state index contributed by atoms with van der Waals surface area (Å²) in [6, 6.07) is 10.2. The molecule has 0 atom stereocenters. The molecule has 3 aromatic rings. The van der Waals surface area contributed by atoms with Crippen LogP contribution < -0.4 is 0 Å². The van der Waals surface area contributed by atoms with E-state index >= 15 is 0 Å². The summed E-state index contributed by atoms with van der Waals surface area (Å²) in [6.07, 6.45) is 5.80. The molecule has 106 valence electrons. The summed E-state index contributed by atoms with van der Waals surface area (Å²) in [5.41, 5.74) is 2.77. The monoisotopic (exact) mass is 297 g/mol. The second-order valence-electron chi connectivity index (χ2n) is 4.38. The van der Waals surface area contributed by atoms with E-state index in [1.807, 2.05) is 25.1 Å². The summed E-state index contributed by atoms with van der Waals surface area (Å²) in [7, 11) is 0. The summed E-state index contributed by atoms with van der Waals surface area (Å²) in [6.45, 7) is 2.77. The molecule has 0 amide bonds. The molecule has 5 nitrogen and oxygen atoms in total. The van der Waals surface area contributed by atoms with Crippen molar-refractivity contribution >= 4 is 29.0 Å². The summed E-state index contributed by atoms with van der Waals surface area (Å²) in [5.74, 6) is 0.833. The highest BCUT2D eigenvalue weighted by molar-refractivity contribution is 7.99. The number of hydrogen-bond acceptors (Lipinski definition) is 5. The molecular weight excluding hydrogens is 282 g/mol. The molecule has 3 rings (SSSR count). The van der Waals surface area contributed by atoms with E-state index in [4.69, 9.17) is 0 Å². The van der Waals surface area contributed by atoms with Crippen LogP contribution in [0.4, 0.5) is 0 Å². The van der Waals surface area contributed by atoms with Gasteiger partial charge in [0.1, 0.15) is 11.4 Å². The minimum Gasteiger partial charge on any atom is -0.227 e. The van der Waals surface area contributed by atoms with E-state index in [0.717, 1.165) is 28.5 Å². The Balaban J connectivity index is 1.71. The highest BCUT2D eigenvalue weighted by Gasteiger charge is 2.10. The molecule has 0 unspecified atom stereocenters. The maximum Gasteiger partial charge on any atom is 0.182 e. The normalized spacial score (nSPS) is 11.5. The average molecular weight is 297 g/mol. The van der Waals surface area contributed by atoms with Crippen LogP contribution in [0.15, 0.2) is 47.8 Å². The number of aromatic nitrogens is 5. The predicted octanol–water partition coefficient (Wildman–Crippen LogP) is 3.05. The molecule has 6 heteroatoms. The molecule has 2 heterocycles. The van der Waals surface area contributed by atoms with E-state index in [-0.39, 0.29) is 0 Å². The maximum atomic E-state index is 4.30. The predicted molar refractivity (Wildman–Crippen MR) is 85.0 cm³/mol. The maximum absolute atomic E-state index is 4.30. The van der Waals surface area contributed by atoms with Crippen LogP contribution in [-0.2, 0) is 6.54 Å². The lowest BCUT2D eigenvalue weighted by molar-refractivity contribution is 0.641. The van der Waals surface area contributed by atoms with Crippen LogP contribution in [0.5, 0.6) is 0 Å². The molecule has 0 N–H and O–H groups in total. The quantitative estimate of drug-likeness (QED) is 0.535. The van der Waals surface area contributed by atoms with Gasteiger partial charge in [0.25, 0.3) is 0 Å². The third-order valence-corrected chi connectivity index (χ3v) is 3.92. The van der Waals surface area contributed by atoms with Crippen LogP contribution in [0.2, 0.25) is 0 Å². The van der Waals surface area contributed by atoms with Gasteiger partial charge in [0.15, 0.2) is 11.2 Å². The largest absolute Gasteiger partial charge is 0.227 e. The lowest BCUT2D eigenvalue weighted by atomic mass is 10.2. The molecule has 0 radical (unpaired) electrons. The first-order valence-corrected chi connectivity index (χ1v) is 7.75. The van der Waals surface area contributed by atoms with Gasteiger partial charge in [-0.1, -0.05) is 59.5 Å². The van der Waals surface area contributed by atoms with Crippen LogP contribution >= 0.6 is 11.8 Å². The number of aryl methyl sites for hydroxylation is 1. The number of benzene rings is 1. The highest BCUT2D eigenvalue weighted by Crippen LogP contribution is 2.22. The van der Waals surface area contributed by atoms with Crippen LogP contribution in [0.25, 0.3) is 17.2 Å². The number of rotatable bonds is 5. The smallest absolute Gasteiger partial charge is 0.182 e. The Kier molecular flexibility index (Phi) is 4.25. The van der Waals surface area contributed by atoms with Gasteiger partial charge in [-0.15, -0.1) is 5.10 Å². The molecule has 0 bridgehead atoms. The van der Waals surface area contributed by atoms with Gasteiger partial charge in [0.05, 0.1) is 0 Å². The van der Waals surface area contributed by atoms with Crippen LogP contribution in [-0.4, -0.2) is 30.7 Å². The molecule has 1 aromatic carbocycles. The van der Waals surface area contributed by atoms with Crippen molar-refractivity contribution in [2.45, 2.75) is 18.5 Å². The van der Waals surface area contributed by atoms with Crippen molar-refractivity contribution in [2.24, 2.45) is 0 Å². The number of fused-ring (bicyclic) bond motifs is 1. The molecule has 0 aliphatic rings. The molecule has 0 spiro atoms. The van der Waals surface area contributed by atoms with Crippen molar-refractivity contribution < 1.29 is 0 Å². The van der Waals surface area contributed by atoms with E-state index in [9.17, 15) is 0 Å². The van der Waals surface area contributed by atoms with Crippen molar-refractivity contribution in [2.75, 3.05) is 5.75 Å². The summed E-state index contributed by atoms with van der Waals surface area (Å²) in [4.78, 5) is 8.55. The Labute approximate surface area is 127 Å². The minimum absolute atomic E-state index is 0.755. The van der Waals surface area contributed by atoms with Crippen molar-refractivity contribution in [3.05, 3.63) is 48.3 Å². The van der Waals surface area contributed by atoms with E-state index in [0.29, 0.717) is 0 Å². The summed E-state index contributed by atoms with van der Waals surface area (Å²) < 4.78 is 1.78. The van der Waals surface area contributed by atoms with Crippen molar-refractivity contribution in [3.8, 4) is 0 Å². The fourth-order valence-electron chi connectivity index (χ4n) is 1.97. The fourth-order valence-corrected chi connectivity index (χ4v) is 2.71. The Hall–Kier alpha value is -2.21. The zero-order valence-corrected chi connectivity index (χ0v) is 12.5. The second-order valence-corrected chi connectivity index (χ2v) is 5.39. The average Bonchev–Trinajstić information content (AvgIpc) is 2.96. The zero-order chi connectivity index (χ0) is 14.5. The molecule has 21 heavy (non-hydrogen) atoms. The van der Waals surface area contributed by atoms with Crippen molar-refractivity contribution in [1.82, 2.24) is 25.0 Å². The molecular formula is C15H15N5S. The number of nitrogens with zero attached hydrogens (tertiary/aromatic N) is 5. The van der Waals surface area contributed by atoms with Gasteiger partial charge in [-0.3, -0.25) is 0 Å². The lowest BCUT2D eigenvalue weighted by Crippen LogP contribution is -1.97. The first-order valence-electron chi connectivity index (χ1n) is 6.77. The van der Waals surface area contributed by atoms with Crippen molar-refractivity contribution in [3.63, 3.8) is 0 Å². The van der Waals surface area contributed by atoms with Crippen LogP contribution in [0, 0.1) is 0 Å². The number of hydrogen-bond donors (Lipinski definition) is 0. The van der Waals surface area contributed by atoms with Crippen LogP contribution in [0.3, 0.4) is 0 Å². The lowest BCUT2D eigenvalue weighted by Gasteiger charge is -1.99. The van der Waals surface area contributed by atoms with Gasteiger partial charge >= 0.3 is 0 Å². The van der Waals surface area contributed by atoms with Gasteiger partial charge in [-0.05, 0) is 12.5 Å². The molecule has 0 aliphatic heterocycles. The van der Waals surface area contributed by atoms with Crippen LogP contribution in [0.1, 0.15) is 12.5 Å². The SMILES string of the molecule is CCn1nnc2c(SC/C=C/c3ccccc3)ncnc21. The topological polar surface area (TPSA) is 56.5 Å². The zero-order valence-electron chi connectivity index (χ0n) is 11.7. The standard InChI is InChI=1S/C15H15N5S/c1-2-20-14-13(18-19-20)15(17-11-16-14)21-10-6-9-12-7-4-3-5-8-12/h3-9,11H,2,10H2,1H3/b9-6+. The molecule has 0 fully saturated rings. The van der Waals surface area contributed by atoms with E-state index < -0.39 is 0 Å². The first-order chi connectivity index (χ1) is 10.4. The highest BCUT2D eigenvalue weighted by atomic mass is 32.2. The van der Waals surface area contributed by atoms with E-state index in [1.165, 1.54) is 5.56 Å². The molecule has 0 aliphatic carbocycles. The molecule has 0 saturated heterocycles. The van der Waals surface area contributed by atoms with Gasteiger partial charge < -0.3 is 0 Å². The van der Waals surface area contributed by atoms with Gasteiger partial charge in [-0.25, -0.2) is 14.6 Å². The summed E-state index contributed by atoms with van der Waals surface area (Å²) >= 11 is 1.64. The summed E-state index contributed by atoms with van der Waals surface area (Å²) in [5, 5.41) is 9.13. The number of thioether (sulfide) groups is 1. The van der Waals surface area contributed by atoms with E-state index in [1.54, 1.807) is 22.8 Å². The van der Waals surface area contributed by atoms with Gasteiger partial charge in [-0.2, -0.15) is 0 Å². The Morgan fingerprint density at radius 2 is 2.05 bits per heavy atom. The minimum atomic E-state index is 0.755. The Morgan fingerprint density at radius 1 is 1.19 bits per heavy atom. The Morgan fingerprint density at radius 3 is 2.86 bits per heavy atom. The Bertz CT molecular complexity index is 751. The van der Waals surface area contributed by atoms with Gasteiger partial charge in [0.2, 0.25) is 0 Å². The molecule has 0 saturated carbocycles. The second kappa shape index (κ2) is 6.49. The van der Waals surface area contributed by atoms with Crippen molar-refractivity contribution in [1.29, 1.82) is 0 Å². The van der Waals surface area contributed by atoms with E-state index in [2.05, 4.69) is 44.6 Å². The third-order valence-electron chi connectivity index (χ3n) is 2.99. The first kappa shape index (κ1) is 13.8. The fraction of sp³-hybridized carbons (Fsp3) is 0.200. The third kappa shape index (κ3) is 3.11. The molecule has 2 aromatic heterocycles.